The Hall–Kier alpha value is -2.77. The predicted molar refractivity (Wildman–Crippen MR) is 60.2 cm³/mol. The lowest BCUT2D eigenvalue weighted by atomic mass is 10.2. The van der Waals surface area contributed by atoms with Crippen LogP contribution < -0.4 is 4.74 Å². The smallest absolute Gasteiger partial charge is 0.338 e. The predicted octanol–water partition coefficient (Wildman–Crippen LogP) is 1.98. The number of non-ortho nitro benzene ring substituents is 1. The van der Waals surface area contributed by atoms with E-state index >= 15 is 0 Å². The summed E-state index contributed by atoms with van der Waals surface area (Å²) in [6.07, 6.45) is 0. The highest BCUT2D eigenvalue weighted by atomic mass is 16.6. The summed E-state index contributed by atoms with van der Waals surface area (Å²) in [5.74, 6) is -1.20. The minimum atomic E-state index is -0.867. The Balaban J connectivity index is 3.20. The summed E-state index contributed by atoms with van der Waals surface area (Å²) in [4.78, 5) is 30.8. The van der Waals surface area contributed by atoms with E-state index in [1.54, 1.807) is 0 Å². The Morgan fingerprint density at radius 1 is 1.28 bits per heavy atom. The summed E-state index contributed by atoms with van der Waals surface area (Å²) >= 11 is 0. The molecule has 1 aromatic rings. The molecule has 1 aromatic carbocycles. The molecule has 0 amide bonds. The Labute approximate surface area is 101 Å². The van der Waals surface area contributed by atoms with E-state index in [0.717, 1.165) is 18.2 Å². The van der Waals surface area contributed by atoms with Crippen molar-refractivity contribution in [3.63, 3.8) is 0 Å². The maximum atomic E-state index is 11.2. The Kier molecular flexibility index (Phi) is 3.72. The highest BCUT2D eigenvalue weighted by Crippen LogP contribution is 2.31. The molecule has 0 aliphatic carbocycles. The van der Waals surface area contributed by atoms with Crippen molar-refractivity contribution >= 4 is 17.3 Å². The van der Waals surface area contributed by atoms with Crippen molar-refractivity contribution in [3.8, 4) is 5.75 Å². The van der Waals surface area contributed by atoms with Gasteiger partial charge in [-0.25, -0.2) is 4.79 Å². The Morgan fingerprint density at radius 2 is 1.89 bits per heavy atom. The van der Waals surface area contributed by atoms with Gasteiger partial charge in [-0.1, -0.05) is 6.58 Å². The van der Waals surface area contributed by atoms with E-state index in [1.165, 1.54) is 6.92 Å². The van der Waals surface area contributed by atoms with Gasteiger partial charge in [0.05, 0.1) is 15.9 Å². The van der Waals surface area contributed by atoms with Gasteiger partial charge in [0.25, 0.3) is 5.69 Å². The number of rotatable bonds is 4. The lowest BCUT2D eigenvalue weighted by Gasteiger charge is -2.04. The number of ether oxygens (including phenoxy) is 1. The fraction of sp³-hybridized carbons (Fsp3) is 0.100. The van der Waals surface area contributed by atoms with Gasteiger partial charge >= 0.3 is 11.7 Å². The molecule has 94 valence electrons. The van der Waals surface area contributed by atoms with Gasteiger partial charge in [0.2, 0.25) is 5.75 Å². The van der Waals surface area contributed by atoms with Crippen molar-refractivity contribution < 1.29 is 19.4 Å². The van der Waals surface area contributed by atoms with Crippen LogP contribution in [0.5, 0.6) is 5.75 Å². The normalized spacial score (nSPS) is 9.61. The monoisotopic (exact) mass is 252 g/mol. The fourth-order valence-electron chi connectivity index (χ4n) is 1.04. The van der Waals surface area contributed by atoms with Crippen molar-refractivity contribution in [1.29, 1.82) is 0 Å². The summed E-state index contributed by atoms with van der Waals surface area (Å²) in [7, 11) is 0. The van der Waals surface area contributed by atoms with E-state index in [0.29, 0.717) is 0 Å². The number of hydrogen-bond acceptors (Lipinski definition) is 6. The largest absolute Gasteiger partial charge is 0.416 e. The van der Waals surface area contributed by atoms with Crippen LogP contribution in [0.15, 0.2) is 30.4 Å². The van der Waals surface area contributed by atoms with Crippen molar-refractivity contribution in [2.45, 2.75) is 6.92 Å². The first-order valence-electron chi connectivity index (χ1n) is 4.63. The average Bonchev–Trinajstić information content (AvgIpc) is 2.28. The minimum absolute atomic E-state index is 0.0580. The molecule has 0 spiro atoms. The first-order valence-corrected chi connectivity index (χ1v) is 4.63. The number of nitrogens with zero attached hydrogens (tertiary/aromatic N) is 2. The molecule has 0 N–H and O–H groups in total. The highest BCUT2D eigenvalue weighted by Gasteiger charge is 2.22. The standard InChI is InChI=1S/C10H8N2O6/c1-6(2)10(13)18-9-4-3-7(11(14)15)5-8(9)12(16)17/h3-5H,1H2,2H3. The molecule has 0 fully saturated rings. The molecular formula is C10H8N2O6. The third kappa shape index (κ3) is 2.88. The quantitative estimate of drug-likeness (QED) is 0.266. The van der Waals surface area contributed by atoms with Crippen molar-refractivity contribution in [2.24, 2.45) is 0 Å². The third-order valence-electron chi connectivity index (χ3n) is 1.90. The molecular weight excluding hydrogens is 244 g/mol. The molecule has 8 heteroatoms. The van der Waals surface area contributed by atoms with Gasteiger partial charge in [-0.3, -0.25) is 20.2 Å². The van der Waals surface area contributed by atoms with E-state index in [4.69, 9.17) is 4.74 Å². The van der Waals surface area contributed by atoms with Crippen LogP contribution in [-0.4, -0.2) is 15.8 Å². The first kappa shape index (κ1) is 13.3. The Morgan fingerprint density at radius 3 is 2.33 bits per heavy atom. The van der Waals surface area contributed by atoms with Gasteiger partial charge in [0.1, 0.15) is 0 Å². The maximum Gasteiger partial charge on any atom is 0.338 e. The molecule has 0 unspecified atom stereocenters. The molecule has 0 aliphatic heterocycles. The number of carbonyl (C=O) groups excluding carboxylic acids is 1. The zero-order chi connectivity index (χ0) is 13.9. The van der Waals surface area contributed by atoms with Crippen LogP contribution in [0.25, 0.3) is 0 Å². The van der Waals surface area contributed by atoms with E-state index in [2.05, 4.69) is 6.58 Å². The second-order valence-corrected chi connectivity index (χ2v) is 3.34. The molecule has 0 bridgehead atoms. The average molecular weight is 252 g/mol. The van der Waals surface area contributed by atoms with Crippen LogP contribution in [0.2, 0.25) is 0 Å². The lowest BCUT2D eigenvalue weighted by molar-refractivity contribution is -0.394. The first-order chi connectivity index (χ1) is 8.32. The molecule has 0 aromatic heterocycles. The van der Waals surface area contributed by atoms with Gasteiger partial charge in [-0.15, -0.1) is 0 Å². The highest BCUT2D eigenvalue weighted by molar-refractivity contribution is 5.89. The van der Waals surface area contributed by atoms with Gasteiger partial charge < -0.3 is 4.74 Å². The van der Waals surface area contributed by atoms with Crippen LogP contribution in [0, 0.1) is 20.2 Å². The van der Waals surface area contributed by atoms with Crippen LogP contribution in [0.1, 0.15) is 6.92 Å². The zero-order valence-electron chi connectivity index (χ0n) is 9.28. The van der Waals surface area contributed by atoms with Crippen molar-refractivity contribution in [2.75, 3.05) is 0 Å². The molecule has 0 heterocycles. The number of carbonyl (C=O) groups is 1. The molecule has 0 radical (unpaired) electrons. The maximum absolute atomic E-state index is 11.2. The number of benzene rings is 1. The van der Waals surface area contributed by atoms with E-state index in [9.17, 15) is 25.0 Å². The molecule has 0 atom stereocenters. The van der Waals surface area contributed by atoms with Gasteiger partial charge in [-0.2, -0.15) is 0 Å². The van der Waals surface area contributed by atoms with Gasteiger partial charge in [-0.05, 0) is 13.0 Å². The third-order valence-corrected chi connectivity index (χ3v) is 1.90. The van der Waals surface area contributed by atoms with Crippen LogP contribution in [0.3, 0.4) is 0 Å². The number of nitro benzene ring substituents is 2. The van der Waals surface area contributed by atoms with Crippen LogP contribution >= 0.6 is 0 Å². The summed E-state index contributed by atoms with van der Waals surface area (Å²) < 4.78 is 4.70. The molecule has 1 rings (SSSR count). The van der Waals surface area contributed by atoms with Crippen molar-refractivity contribution in [1.82, 2.24) is 0 Å². The molecule has 0 saturated heterocycles. The minimum Gasteiger partial charge on any atom is -0.416 e. The SMILES string of the molecule is C=C(C)C(=O)Oc1ccc([N+](=O)[O-])cc1[N+](=O)[O-]. The Bertz CT molecular complexity index is 551. The summed E-state index contributed by atoms with van der Waals surface area (Å²) in [5.41, 5.74) is -1.06. The van der Waals surface area contributed by atoms with Crippen LogP contribution in [0.4, 0.5) is 11.4 Å². The van der Waals surface area contributed by atoms with Gasteiger partial charge in [0.15, 0.2) is 0 Å². The number of esters is 1. The van der Waals surface area contributed by atoms with E-state index in [1.807, 2.05) is 0 Å². The second-order valence-electron chi connectivity index (χ2n) is 3.34. The second kappa shape index (κ2) is 5.04. The van der Waals surface area contributed by atoms with Gasteiger partial charge in [0, 0.05) is 11.6 Å². The zero-order valence-corrected chi connectivity index (χ0v) is 9.28. The molecule has 0 aliphatic rings. The fourth-order valence-corrected chi connectivity index (χ4v) is 1.04. The van der Waals surface area contributed by atoms with E-state index < -0.39 is 27.2 Å². The summed E-state index contributed by atoms with van der Waals surface area (Å²) in [6.45, 7) is 4.69. The number of hydrogen-bond donors (Lipinski definition) is 0. The summed E-state index contributed by atoms with van der Waals surface area (Å²) in [5, 5.41) is 21.2. The number of nitro groups is 2. The summed E-state index contributed by atoms with van der Waals surface area (Å²) in [6, 6.07) is 2.73. The van der Waals surface area contributed by atoms with Crippen LogP contribution in [-0.2, 0) is 4.79 Å². The molecule has 0 saturated carbocycles. The topological polar surface area (TPSA) is 113 Å². The van der Waals surface area contributed by atoms with Crippen molar-refractivity contribution in [3.05, 3.63) is 50.6 Å². The lowest BCUT2D eigenvalue weighted by Crippen LogP contribution is -2.09. The van der Waals surface area contributed by atoms with E-state index in [-0.39, 0.29) is 11.3 Å². The molecule has 8 nitrogen and oxygen atoms in total. The molecule has 18 heavy (non-hydrogen) atoms.